The van der Waals surface area contributed by atoms with Gasteiger partial charge in [0.25, 0.3) is 0 Å². The topological polar surface area (TPSA) is 65.0 Å². The van der Waals surface area contributed by atoms with E-state index in [1.807, 2.05) is 12.1 Å². The van der Waals surface area contributed by atoms with Crippen LogP contribution < -0.4 is 14.2 Å². The van der Waals surface area contributed by atoms with Crippen molar-refractivity contribution in [3.8, 4) is 28.4 Å². The molecule has 164 valence electrons. The number of ether oxygens (including phenoxy) is 3. The van der Waals surface area contributed by atoms with E-state index >= 15 is 0 Å². The summed E-state index contributed by atoms with van der Waals surface area (Å²) in [5.41, 5.74) is 2.79. The second-order valence-electron chi connectivity index (χ2n) is 7.67. The lowest BCUT2D eigenvalue weighted by atomic mass is 9.94. The standard InChI is InChI=1S/C25H34O5/c1-6-8-12-29-23-16-24(30-13-9-7-2)21(25(26)27)15-20(23)19-14-18(17(3)4)10-11-22(19)28-5/h10-11,14-17H,6-9,12-13H2,1-5H3,(H,26,27). The van der Waals surface area contributed by atoms with Crippen LogP contribution in [0.4, 0.5) is 0 Å². The molecule has 2 aromatic rings. The van der Waals surface area contributed by atoms with Gasteiger partial charge in [0.15, 0.2) is 0 Å². The molecule has 0 saturated carbocycles. The van der Waals surface area contributed by atoms with Gasteiger partial charge in [-0.25, -0.2) is 4.79 Å². The Labute approximate surface area is 180 Å². The maximum atomic E-state index is 12.0. The summed E-state index contributed by atoms with van der Waals surface area (Å²) in [5.74, 6) is 0.927. The summed E-state index contributed by atoms with van der Waals surface area (Å²) >= 11 is 0. The molecule has 0 aliphatic rings. The molecule has 0 radical (unpaired) electrons. The minimum absolute atomic E-state index is 0.126. The fourth-order valence-corrected chi connectivity index (χ4v) is 3.13. The number of hydrogen-bond donors (Lipinski definition) is 1. The lowest BCUT2D eigenvalue weighted by Crippen LogP contribution is -2.07. The molecule has 0 saturated heterocycles. The normalized spacial score (nSPS) is 10.9. The lowest BCUT2D eigenvalue weighted by Gasteiger charge is -2.19. The van der Waals surface area contributed by atoms with Gasteiger partial charge in [-0.3, -0.25) is 0 Å². The van der Waals surface area contributed by atoms with Crippen LogP contribution in [0.1, 0.15) is 75.2 Å². The van der Waals surface area contributed by atoms with Crippen LogP contribution in [0.5, 0.6) is 17.2 Å². The first kappa shape index (κ1) is 23.6. The Balaban J connectivity index is 2.64. The number of unbranched alkanes of at least 4 members (excludes halogenated alkanes) is 2. The summed E-state index contributed by atoms with van der Waals surface area (Å²) < 4.78 is 17.5. The Kier molecular flexibility index (Phi) is 9.03. The molecule has 0 heterocycles. The van der Waals surface area contributed by atoms with Gasteiger partial charge in [0.2, 0.25) is 0 Å². The zero-order chi connectivity index (χ0) is 22.1. The van der Waals surface area contributed by atoms with E-state index in [1.165, 1.54) is 0 Å². The predicted molar refractivity (Wildman–Crippen MR) is 120 cm³/mol. The van der Waals surface area contributed by atoms with E-state index in [9.17, 15) is 9.90 Å². The summed E-state index contributed by atoms with van der Waals surface area (Å²) in [6.45, 7) is 9.44. The van der Waals surface area contributed by atoms with Crippen LogP contribution in [0.25, 0.3) is 11.1 Å². The second kappa shape index (κ2) is 11.5. The fourth-order valence-electron chi connectivity index (χ4n) is 3.13. The summed E-state index contributed by atoms with van der Waals surface area (Å²) in [7, 11) is 1.62. The zero-order valence-electron chi connectivity index (χ0n) is 18.8. The Morgan fingerprint density at radius 3 is 2.03 bits per heavy atom. The summed E-state index contributed by atoms with van der Waals surface area (Å²) in [6, 6.07) is 9.37. The van der Waals surface area contributed by atoms with Gasteiger partial charge in [-0.1, -0.05) is 46.6 Å². The van der Waals surface area contributed by atoms with Crippen LogP contribution >= 0.6 is 0 Å². The molecule has 0 aromatic heterocycles. The number of rotatable bonds is 12. The fraction of sp³-hybridized carbons (Fsp3) is 0.480. The minimum atomic E-state index is -1.03. The smallest absolute Gasteiger partial charge is 0.339 e. The van der Waals surface area contributed by atoms with E-state index in [4.69, 9.17) is 14.2 Å². The number of carboxylic acid groups (broad SMARTS) is 1. The molecular weight excluding hydrogens is 380 g/mol. The molecule has 1 N–H and O–H groups in total. The molecule has 0 amide bonds. The SMILES string of the molecule is CCCCOc1cc(OCCCC)c(-c2cc(C(C)C)ccc2OC)cc1C(=O)O. The Morgan fingerprint density at radius 2 is 1.50 bits per heavy atom. The third kappa shape index (κ3) is 5.91. The van der Waals surface area contributed by atoms with E-state index in [2.05, 4.69) is 33.8 Å². The monoisotopic (exact) mass is 414 g/mol. The summed E-state index contributed by atoms with van der Waals surface area (Å²) in [6.07, 6.45) is 3.75. The van der Waals surface area contributed by atoms with Gasteiger partial charge in [-0.15, -0.1) is 0 Å². The molecule has 0 bridgehead atoms. The third-order valence-corrected chi connectivity index (χ3v) is 5.00. The number of carbonyl (C=O) groups is 1. The predicted octanol–water partition coefficient (Wildman–Crippen LogP) is 6.54. The first-order chi connectivity index (χ1) is 14.4. The lowest BCUT2D eigenvalue weighted by molar-refractivity contribution is 0.0692. The van der Waals surface area contributed by atoms with Crippen LogP contribution in [0, 0.1) is 0 Å². The van der Waals surface area contributed by atoms with Crippen molar-refractivity contribution in [2.24, 2.45) is 0 Å². The highest BCUT2D eigenvalue weighted by Crippen LogP contribution is 2.42. The Hall–Kier alpha value is -2.69. The average molecular weight is 415 g/mol. The molecule has 5 heteroatoms. The van der Waals surface area contributed by atoms with Crippen molar-refractivity contribution < 1.29 is 24.1 Å². The summed E-state index contributed by atoms with van der Waals surface area (Å²) in [4.78, 5) is 12.0. The minimum Gasteiger partial charge on any atom is -0.496 e. The molecule has 0 aliphatic heterocycles. The molecule has 5 nitrogen and oxygen atoms in total. The number of carboxylic acids is 1. The number of hydrogen-bond acceptors (Lipinski definition) is 4. The van der Waals surface area contributed by atoms with Gasteiger partial charge in [-0.2, -0.15) is 0 Å². The van der Waals surface area contributed by atoms with E-state index < -0.39 is 5.97 Å². The number of benzene rings is 2. The molecule has 2 aromatic carbocycles. The van der Waals surface area contributed by atoms with Gasteiger partial charge in [0.1, 0.15) is 22.8 Å². The molecule has 0 unspecified atom stereocenters. The van der Waals surface area contributed by atoms with Crippen molar-refractivity contribution in [3.05, 3.63) is 41.5 Å². The largest absolute Gasteiger partial charge is 0.496 e. The van der Waals surface area contributed by atoms with Gasteiger partial charge in [0, 0.05) is 17.2 Å². The van der Waals surface area contributed by atoms with Crippen LogP contribution in [0.2, 0.25) is 0 Å². The first-order valence-electron chi connectivity index (χ1n) is 10.8. The average Bonchev–Trinajstić information content (AvgIpc) is 2.73. The second-order valence-corrected chi connectivity index (χ2v) is 7.67. The maximum absolute atomic E-state index is 12.0. The highest BCUT2D eigenvalue weighted by atomic mass is 16.5. The quantitative estimate of drug-likeness (QED) is 0.399. The highest BCUT2D eigenvalue weighted by molar-refractivity contribution is 5.94. The van der Waals surface area contributed by atoms with E-state index in [-0.39, 0.29) is 5.56 Å². The van der Waals surface area contributed by atoms with Crippen LogP contribution in [0.15, 0.2) is 30.3 Å². The van der Waals surface area contributed by atoms with Gasteiger partial charge in [-0.05, 0) is 42.5 Å². The third-order valence-electron chi connectivity index (χ3n) is 5.00. The van der Waals surface area contributed by atoms with Crippen molar-refractivity contribution in [1.82, 2.24) is 0 Å². The van der Waals surface area contributed by atoms with Crippen molar-refractivity contribution >= 4 is 5.97 Å². The Bertz CT molecular complexity index is 842. The molecule has 2 rings (SSSR count). The Morgan fingerprint density at radius 1 is 0.900 bits per heavy atom. The molecule has 0 spiro atoms. The van der Waals surface area contributed by atoms with Crippen molar-refractivity contribution in [1.29, 1.82) is 0 Å². The molecule has 0 aliphatic carbocycles. The van der Waals surface area contributed by atoms with E-state index in [0.717, 1.165) is 36.8 Å². The van der Waals surface area contributed by atoms with E-state index in [1.54, 1.807) is 19.2 Å². The first-order valence-corrected chi connectivity index (χ1v) is 10.8. The van der Waals surface area contributed by atoms with Crippen molar-refractivity contribution in [2.45, 2.75) is 59.3 Å². The van der Waals surface area contributed by atoms with E-state index in [0.29, 0.717) is 41.9 Å². The van der Waals surface area contributed by atoms with Crippen molar-refractivity contribution in [3.63, 3.8) is 0 Å². The van der Waals surface area contributed by atoms with Gasteiger partial charge < -0.3 is 19.3 Å². The van der Waals surface area contributed by atoms with Crippen LogP contribution in [0.3, 0.4) is 0 Å². The zero-order valence-corrected chi connectivity index (χ0v) is 18.8. The molecule has 30 heavy (non-hydrogen) atoms. The number of aromatic carboxylic acids is 1. The summed E-state index contributed by atoms with van der Waals surface area (Å²) in [5, 5.41) is 9.82. The van der Waals surface area contributed by atoms with Crippen LogP contribution in [-0.2, 0) is 0 Å². The van der Waals surface area contributed by atoms with Gasteiger partial charge >= 0.3 is 5.97 Å². The molecule has 0 fully saturated rings. The highest BCUT2D eigenvalue weighted by Gasteiger charge is 2.21. The van der Waals surface area contributed by atoms with Crippen molar-refractivity contribution in [2.75, 3.05) is 20.3 Å². The van der Waals surface area contributed by atoms with Crippen LogP contribution in [-0.4, -0.2) is 31.4 Å². The van der Waals surface area contributed by atoms with Gasteiger partial charge in [0.05, 0.1) is 20.3 Å². The maximum Gasteiger partial charge on any atom is 0.339 e. The number of methoxy groups -OCH3 is 1. The molecular formula is C25H34O5. The molecule has 0 atom stereocenters.